The van der Waals surface area contributed by atoms with Crippen LogP contribution in [0.2, 0.25) is 0 Å². The summed E-state index contributed by atoms with van der Waals surface area (Å²) in [4.78, 5) is 24.0. The standard InChI is InChI=1S/C19H22O2/c1-5-10-19(3,4)18(21)17-9-8-15-11-14(13(2)20)6-7-16(15)12-17/h6-9,11-12H,5,10H2,1-4H3. The molecule has 0 aliphatic rings. The molecule has 0 atom stereocenters. The van der Waals surface area contributed by atoms with E-state index in [1.54, 1.807) is 6.92 Å². The lowest BCUT2D eigenvalue weighted by Gasteiger charge is -2.22. The van der Waals surface area contributed by atoms with Crippen molar-refractivity contribution in [2.75, 3.05) is 0 Å². The number of hydrogen-bond donors (Lipinski definition) is 0. The van der Waals surface area contributed by atoms with E-state index in [-0.39, 0.29) is 17.0 Å². The average molecular weight is 282 g/mol. The fourth-order valence-electron chi connectivity index (χ4n) is 2.74. The predicted octanol–water partition coefficient (Wildman–Crippen LogP) is 5.05. The summed E-state index contributed by atoms with van der Waals surface area (Å²) in [6.45, 7) is 7.66. The van der Waals surface area contributed by atoms with Gasteiger partial charge in [0.05, 0.1) is 0 Å². The average Bonchev–Trinajstić information content (AvgIpc) is 2.45. The highest BCUT2D eigenvalue weighted by Crippen LogP contribution is 2.29. The van der Waals surface area contributed by atoms with Gasteiger partial charge in [-0.2, -0.15) is 0 Å². The lowest BCUT2D eigenvalue weighted by molar-refractivity contribution is 0.0825. The van der Waals surface area contributed by atoms with Gasteiger partial charge in [-0.3, -0.25) is 9.59 Å². The Morgan fingerprint density at radius 3 is 2.00 bits per heavy atom. The first kappa shape index (κ1) is 15.4. The van der Waals surface area contributed by atoms with E-state index in [1.165, 1.54) is 0 Å². The number of benzene rings is 2. The zero-order valence-electron chi connectivity index (χ0n) is 13.2. The van der Waals surface area contributed by atoms with Gasteiger partial charge in [0.1, 0.15) is 0 Å². The fourth-order valence-corrected chi connectivity index (χ4v) is 2.74. The molecule has 0 aliphatic heterocycles. The van der Waals surface area contributed by atoms with Crippen LogP contribution in [0.5, 0.6) is 0 Å². The molecule has 0 amide bonds. The Balaban J connectivity index is 2.42. The van der Waals surface area contributed by atoms with Crippen molar-refractivity contribution in [3.05, 3.63) is 47.5 Å². The van der Waals surface area contributed by atoms with Crippen LogP contribution in [-0.2, 0) is 0 Å². The van der Waals surface area contributed by atoms with Crippen molar-refractivity contribution in [3.63, 3.8) is 0 Å². The second-order valence-electron chi connectivity index (χ2n) is 6.30. The van der Waals surface area contributed by atoms with Gasteiger partial charge >= 0.3 is 0 Å². The first-order valence-corrected chi connectivity index (χ1v) is 7.44. The molecular formula is C19H22O2. The van der Waals surface area contributed by atoms with Crippen molar-refractivity contribution < 1.29 is 9.59 Å². The summed E-state index contributed by atoms with van der Waals surface area (Å²) >= 11 is 0. The lowest BCUT2D eigenvalue weighted by atomic mass is 9.80. The van der Waals surface area contributed by atoms with E-state index in [2.05, 4.69) is 6.92 Å². The van der Waals surface area contributed by atoms with Gasteiger partial charge < -0.3 is 0 Å². The maximum absolute atomic E-state index is 12.6. The fraction of sp³-hybridized carbons (Fsp3) is 0.368. The second kappa shape index (κ2) is 5.80. The molecule has 0 fully saturated rings. The molecular weight excluding hydrogens is 260 g/mol. The zero-order chi connectivity index (χ0) is 15.6. The maximum atomic E-state index is 12.6. The summed E-state index contributed by atoms with van der Waals surface area (Å²) in [7, 11) is 0. The molecule has 2 aromatic rings. The van der Waals surface area contributed by atoms with Crippen LogP contribution in [0, 0.1) is 5.41 Å². The largest absolute Gasteiger partial charge is 0.295 e. The van der Waals surface area contributed by atoms with Gasteiger partial charge in [-0.15, -0.1) is 0 Å². The van der Waals surface area contributed by atoms with Gasteiger partial charge in [-0.25, -0.2) is 0 Å². The molecule has 0 heterocycles. The third kappa shape index (κ3) is 3.21. The summed E-state index contributed by atoms with van der Waals surface area (Å²) in [5.41, 5.74) is 1.12. The molecule has 2 heteroatoms. The highest BCUT2D eigenvalue weighted by Gasteiger charge is 2.27. The Bertz CT molecular complexity index is 696. The Morgan fingerprint density at radius 2 is 1.48 bits per heavy atom. The minimum Gasteiger partial charge on any atom is -0.295 e. The van der Waals surface area contributed by atoms with Crippen LogP contribution in [0.4, 0.5) is 0 Å². The molecule has 2 nitrogen and oxygen atoms in total. The summed E-state index contributed by atoms with van der Waals surface area (Å²) < 4.78 is 0. The normalized spacial score (nSPS) is 11.6. The molecule has 0 radical (unpaired) electrons. The smallest absolute Gasteiger partial charge is 0.168 e. The van der Waals surface area contributed by atoms with Crippen molar-refractivity contribution >= 4 is 22.3 Å². The monoisotopic (exact) mass is 282 g/mol. The molecule has 0 spiro atoms. The van der Waals surface area contributed by atoms with E-state index in [4.69, 9.17) is 0 Å². The van der Waals surface area contributed by atoms with Gasteiger partial charge in [-0.1, -0.05) is 51.5 Å². The van der Waals surface area contributed by atoms with Crippen LogP contribution in [0.25, 0.3) is 10.8 Å². The van der Waals surface area contributed by atoms with Gasteiger partial charge in [0.2, 0.25) is 0 Å². The van der Waals surface area contributed by atoms with Gasteiger partial charge in [0, 0.05) is 16.5 Å². The molecule has 0 saturated heterocycles. The number of ketones is 2. The van der Waals surface area contributed by atoms with E-state index in [9.17, 15) is 9.59 Å². The maximum Gasteiger partial charge on any atom is 0.168 e. The molecule has 0 N–H and O–H groups in total. The molecule has 21 heavy (non-hydrogen) atoms. The van der Waals surface area contributed by atoms with Crippen LogP contribution < -0.4 is 0 Å². The number of hydrogen-bond acceptors (Lipinski definition) is 2. The summed E-state index contributed by atoms with van der Waals surface area (Å²) in [5.74, 6) is 0.239. The summed E-state index contributed by atoms with van der Waals surface area (Å²) in [6, 6.07) is 11.3. The third-order valence-electron chi connectivity index (χ3n) is 4.00. The summed E-state index contributed by atoms with van der Waals surface area (Å²) in [5, 5.41) is 1.99. The van der Waals surface area contributed by atoms with Crippen LogP contribution in [0.15, 0.2) is 36.4 Å². The highest BCUT2D eigenvalue weighted by atomic mass is 16.1. The Kier molecular flexibility index (Phi) is 4.26. The SMILES string of the molecule is CCCC(C)(C)C(=O)c1ccc2cc(C(C)=O)ccc2c1. The van der Waals surface area contributed by atoms with E-state index in [1.807, 2.05) is 50.2 Å². The minimum atomic E-state index is -0.332. The molecule has 2 aromatic carbocycles. The minimum absolute atomic E-state index is 0.0566. The van der Waals surface area contributed by atoms with Crippen LogP contribution in [-0.4, -0.2) is 11.6 Å². The van der Waals surface area contributed by atoms with Crippen LogP contribution in [0.1, 0.15) is 61.3 Å². The highest BCUT2D eigenvalue weighted by molar-refractivity contribution is 6.04. The molecule has 0 unspecified atom stereocenters. The van der Waals surface area contributed by atoms with E-state index in [0.29, 0.717) is 5.56 Å². The number of carbonyl (C=O) groups excluding carboxylic acids is 2. The molecule has 110 valence electrons. The van der Waals surface area contributed by atoms with Crippen molar-refractivity contribution in [1.82, 2.24) is 0 Å². The summed E-state index contributed by atoms with van der Waals surface area (Å²) in [6.07, 6.45) is 1.88. The van der Waals surface area contributed by atoms with E-state index < -0.39 is 0 Å². The van der Waals surface area contributed by atoms with Crippen molar-refractivity contribution in [1.29, 1.82) is 0 Å². The molecule has 2 rings (SSSR count). The number of Topliss-reactive ketones (excluding diaryl/α,β-unsaturated/α-hetero) is 2. The van der Waals surface area contributed by atoms with Crippen molar-refractivity contribution in [3.8, 4) is 0 Å². The number of rotatable bonds is 5. The van der Waals surface area contributed by atoms with Gasteiger partial charge in [0.15, 0.2) is 11.6 Å². The molecule has 0 saturated carbocycles. The topological polar surface area (TPSA) is 34.1 Å². The second-order valence-corrected chi connectivity index (χ2v) is 6.30. The van der Waals surface area contributed by atoms with Gasteiger partial charge in [0.25, 0.3) is 0 Å². The van der Waals surface area contributed by atoms with Crippen LogP contribution in [0.3, 0.4) is 0 Å². The number of fused-ring (bicyclic) bond motifs is 1. The van der Waals surface area contributed by atoms with E-state index >= 15 is 0 Å². The molecule has 0 aromatic heterocycles. The Morgan fingerprint density at radius 1 is 0.952 bits per heavy atom. The predicted molar refractivity (Wildman–Crippen MR) is 87.0 cm³/mol. The first-order chi connectivity index (χ1) is 9.85. The Hall–Kier alpha value is -1.96. The number of carbonyl (C=O) groups is 2. The Labute approximate surface area is 126 Å². The van der Waals surface area contributed by atoms with Crippen molar-refractivity contribution in [2.24, 2.45) is 5.41 Å². The molecule has 0 bridgehead atoms. The quantitative estimate of drug-likeness (QED) is 0.719. The van der Waals surface area contributed by atoms with Crippen molar-refractivity contribution in [2.45, 2.75) is 40.5 Å². The first-order valence-electron chi connectivity index (χ1n) is 7.44. The van der Waals surface area contributed by atoms with E-state index in [0.717, 1.165) is 29.2 Å². The lowest BCUT2D eigenvalue weighted by Crippen LogP contribution is -2.24. The zero-order valence-corrected chi connectivity index (χ0v) is 13.2. The third-order valence-corrected chi connectivity index (χ3v) is 4.00. The van der Waals surface area contributed by atoms with Crippen LogP contribution >= 0.6 is 0 Å². The molecule has 0 aliphatic carbocycles. The van der Waals surface area contributed by atoms with Gasteiger partial charge in [-0.05, 0) is 36.2 Å².